The Morgan fingerprint density at radius 1 is 0.738 bits per heavy atom. The van der Waals surface area contributed by atoms with Crippen molar-refractivity contribution in [2.75, 3.05) is 0 Å². The molecule has 0 aromatic heterocycles. The second kappa shape index (κ2) is 16.2. The van der Waals surface area contributed by atoms with Gasteiger partial charge in [-0.05, 0) is 76.1 Å². The molecule has 0 amide bonds. The van der Waals surface area contributed by atoms with E-state index in [0.717, 1.165) is 34.8 Å². The molecular weight excluding hydrogens is 663 g/mol. The molecule has 42 heavy (non-hydrogen) atoms. The minimum absolute atomic E-state index is 0. The Morgan fingerprint density at radius 2 is 1.36 bits per heavy atom. The number of halogens is 2. The first kappa shape index (κ1) is 38.5. The van der Waals surface area contributed by atoms with Crippen LogP contribution in [0.3, 0.4) is 0 Å². The van der Waals surface area contributed by atoms with E-state index in [4.69, 9.17) is 17.0 Å². The van der Waals surface area contributed by atoms with Crippen molar-refractivity contribution >= 4 is 32.2 Å². The van der Waals surface area contributed by atoms with Gasteiger partial charge in [-0.1, -0.05) is 140 Å². The zero-order valence-electron chi connectivity index (χ0n) is 28.3. The fraction of sp³-hybridized carbons (Fsp3) is 0.622. The molecule has 0 radical (unpaired) electrons. The third-order valence-electron chi connectivity index (χ3n) is 11.9. The molecule has 2 aromatic carbocycles. The van der Waals surface area contributed by atoms with E-state index in [-0.39, 0.29) is 14.9 Å². The van der Waals surface area contributed by atoms with Crippen molar-refractivity contribution in [3.8, 4) is 11.1 Å². The Labute approximate surface area is 282 Å². The van der Waals surface area contributed by atoms with E-state index < -0.39 is 36.0 Å². The molecule has 3 fully saturated rings. The molecule has 5 rings (SSSR count). The van der Waals surface area contributed by atoms with E-state index in [9.17, 15) is 0 Å². The molecule has 6 unspecified atom stereocenters. The summed E-state index contributed by atoms with van der Waals surface area (Å²) in [5.74, 6) is 3.66. The summed E-state index contributed by atoms with van der Waals surface area (Å²) in [6, 6.07) is 20.6. The number of fused-ring (bicyclic) bond motifs is 1. The Balaban J connectivity index is 0.00000118. The van der Waals surface area contributed by atoms with Gasteiger partial charge < -0.3 is 14.9 Å². The van der Waals surface area contributed by atoms with Crippen LogP contribution in [0.5, 0.6) is 0 Å². The monoisotopic (exact) mass is 720 g/mol. The van der Waals surface area contributed by atoms with Gasteiger partial charge in [0.1, 0.15) is 0 Å². The molecule has 0 spiro atoms. The number of benzene rings is 2. The van der Waals surface area contributed by atoms with Crippen molar-refractivity contribution in [2.45, 2.75) is 122 Å². The SMILES string of the molecule is CC(C)(C)CC1CCC([Si](C)(C)[Si](C)(C)C2CCC3C(c4ccccc4-c4ccccc4)CCCC32)C1.[CH3-].[CH3-].[Cl][Zr+2][Cl]. The van der Waals surface area contributed by atoms with Crippen LogP contribution in [0.4, 0.5) is 0 Å². The summed E-state index contributed by atoms with van der Waals surface area (Å²) in [6.45, 7) is 18.8. The molecule has 234 valence electrons. The van der Waals surface area contributed by atoms with Gasteiger partial charge in [-0.3, -0.25) is 0 Å². The van der Waals surface area contributed by atoms with Crippen molar-refractivity contribution in [1.29, 1.82) is 0 Å². The van der Waals surface area contributed by atoms with E-state index in [1.54, 1.807) is 18.4 Å². The molecule has 5 heteroatoms. The van der Waals surface area contributed by atoms with Crippen LogP contribution >= 0.6 is 17.0 Å². The maximum atomic E-state index is 4.93. The van der Waals surface area contributed by atoms with Gasteiger partial charge in [0.2, 0.25) is 0 Å². The molecule has 6 atom stereocenters. The molecule has 0 saturated heterocycles. The van der Waals surface area contributed by atoms with Crippen LogP contribution in [-0.4, -0.2) is 15.2 Å². The second-order valence-corrected chi connectivity index (χ2v) is 35.6. The van der Waals surface area contributed by atoms with Crippen molar-refractivity contribution in [1.82, 2.24) is 0 Å². The summed E-state index contributed by atoms with van der Waals surface area (Å²) in [7, 11) is 7.26. The first-order valence-corrected chi connectivity index (χ1v) is 29.5. The molecule has 0 nitrogen and oxygen atoms in total. The molecule has 3 aliphatic rings. The quantitative estimate of drug-likeness (QED) is 0.206. The van der Waals surface area contributed by atoms with Crippen molar-refractivity contribution in [3.63, 3.8) is 0 Å². The summed E-state index contributed by atoms with van der Waals surface area (Å²) >= 11 is -0.826. The van der Waals surface area contributed by atoms with E-state index in [1.807, 2.05) is 0 Å². The van der Waals surface area contributed by atoms with Gasteiger partial charge >= 0.3 is 37.9 Å². The molecule has 3 aliphatic carbocycles. The molecule has 0 heterocycles. The van der Waals surface area contributed by atoms with E-state index in [1.165, 1.54) is 56.1 Å². The maximum absolute atomic E-state index is 4.93. The first-order valence-electron chi connectivity index (χ1n) is 16.0. The average Bonchev–Trinajstić information content (AvgIpc) is 3.56. The predicted molar refractivity (Wildman–Crippen MR) is 193 cm³/mol. The Kier molecular flexibility index (Phi) is 14.9. The number of hydrogen-bond acceptors (Lipinski definition) is 0. The molecular formula is C37H60Cl2Si2Zr. The van der Waals surface area contributed by atoms with Crippen LogP contribution in [-0.2, 0) is 20.8 Å². The Hall–Kier alpha value is 0.337. The van der Waals surface area contributed by atoms with E-state index in [0.29, 0.717) is 5.41 Å². The van der Waals surface area contributed by atoms with Gasteiger partial charge in [0.05, 0.1) is 0 Å². The third-order valence-corrected chi connectivity index (χ3v) is 32.7. The standard InChI is InChI=1S/C35H54Si2.2CH3.2ClH.Zr/c1-35(2,3)25-26-20-21-28(24-26)36(4,5)37(6,7)34-23-22-32-31(18-13-19-33(32)34)30-17-12-11-16-29(30)27-14-9-8-10-15-27;;;;;/h8-12,14-17,26,28,31-34H,13,18-25H2,1-7H3;2*1H3;2*1H;/q;2*-1;;;+4/p-2. The van der Waals surface area contributed by atoms with Crippen LogP contribution in [0.2, 0.25) is 37.3 Å². The zero-order chi connectivity index (χ0) is 29.1. The van der Waals surface area contributed by atoms with Crippen LogP contribution < -0.4 is 0 Å². The number of hydrogen-bond donors (Lipinski definition) is 0. The molecule has 2 aromatic rings. The van der Waals surface area contributed by atoms with Crippen molar-refractivity contribution in [3.05, 3.63) is 75.0 Å². The summed E-state index contributed by atoms with van der Waals surface area (Å²) in [5, 5.41) is 0. The molecule has 0 aliphatic heterocycles. The van der Waals surface area contributed by atoms with Gasteiger partial charge in [-0.25, -0.2) is 0 Å². The van der Waals surface area contributed by atoms with Crippen molar-refractivity contribution < 1.29 is 20.8 Å². The topological polar surface area (TPSA) is 0 Å². The van der Waals surface area contributed by atoms with Crippen LogP contribution in [0.25, 0.3) is 11.1 Å². The normalized spacial score (nSPS) is 27.5. The zero-order valence-corrected chi connectivity index (χ0v) is 34.3. The van der Waals surface area contributed by atoms with Crippen LogP contribution in [0.1, 0.15) is 90.0 Å². The molecule has 0 bridgehead atoms. The summed E-state index contributed by atoms with van der Waals surface area (Å²) in [4.78, 5) is 0. The summed E-state index contributed by atoms with van der Waals surface area (Å²) in [6.07, 6.45) is 13.4. The summed E-state index contributed by atoms with van der Waals surface area (Å²) < 4.78 is 0. The first-order chi connectivity index (χ1) is 18.9. The van der Waals surface area contributed by atoms with E-state index >= 15 is 0 Å². The molecule has 3 saturated carbocycles. The van der Waals surface area contributed by atoms with Crippen LogP contribution in [0, 0.1) is 38.0 Å². The van der Waals surface area contributed by atoms with Gasteiger partial charge in [-0.2, -0.15) is 0 Å². The van der Waals surface area contributed by atoms with E-state index in [2.05, 4.69) is 102 Å². The fourth-order valence-electron chi connectivity index (χ4n) is 9.57. The van der Waals surface area contributed by atoms with Gasteiger partial charge in [0.25, 0.3) is 0 Å². The minimum atomic E-state index is -1.33. The Bertz CT molecular complexity index is 1080. The van der Waals surface area contributed by atoms with Crippen molar-refractivity contribution in [2.24, 2.45) is 23.2 Å². The number of rotatable bonds is 6. The van der Waals surface area contributed by atoms with Gasteiger partial charge in [-0.15, -0.1) is 0 Å². The third kappa shape index (κ3) is 8.57. The average molecular weight is 723 g/mol. The second-order valence-electron chi connectivity index (χ2n) is 15.7. The summed E-state index contributed by atoms with van der Waals surface area (Å²) in [5.41, 5.74) is 7.19. The van der Waals surface area contributed by atoms with Crippen LogP contribution in [0.15, 0.2) is 54.6 Å². The van der Waals surface area contributed by atoms with Gasteiger partial charge in [0.15, 0.2) is 0 Å². The van der Waals surface area contributed by atoms with Gasteiger partial charge in [0, 0.05) is 15.2 Å². The predicted octanol–water partition coefficient (Wildman–Crippen LogP) is 13.4. The Morgan fingerprint density at radius 3 is 2.00 bits per heavy atom. The fourth-order valence-corrected chi connectivity index (χ4v) is 23.6. The molecule has 0 N–H and O–H groups in total.